The molecular weight excluding hydrogens is 390 g/mol. The maximum absolute atomic E-state index is 4.76. The number of piperazine rings is 1. The summed E-state index contributed by atoms with van der Waals surface area (Å²) in [6, 6.07) is 9.94. The molecule has 31 heavy (non-hydrogen) atoms. The fourth-order valence-electron chi connectivity index (χ4n) is 4.08. The van der Waals surface area contributed by atoms with Gasteiger partial charge in [0, 0.05) is 50.3 Å². The highest BCUT2D eigenvalue weighted by atomic mass is 15.3. The van der Waals surface area contributed by atoms with E-state index in [1.165, 1.54) is 0 Å². The highest BCUT2D eigenvalue weighted by Crippen LogP contribution is 2.31. The lowest BCUT2D eigenvalue weighted by molar-refractivity contribution is 0.313. The van der Waals surface area contributed by atoms with Crippen molar-refractivity contribution < 1.29 is 0 Å². The molecule has 0 aromatic carbocycles. The number of anilines is 1. The van der Waals surface area contributed by atoms with Gasteiger partial charge < -0.3 is 14.8 Å². The van der Waals surface area contributed by atoms with Gasteiger partial charge in [0.05, 0.1) is 16.8 Å². The van der Waals surface area contributed by atoms with E-state index in [2.05, 4.69) is 53.0 Å². The van der Waals surface area contributed by atoms with Crippen molar-refractivity contribution >= 4 is 27.9 Å². The van der Waals surface area contributed by atoms with Gasteiger partial charge in [0.15, 0.2) is 17.1 Å². The van der Waals surface area contributed by atoms with Crippen molar-refractivity contribution in [3.05, 3.63) is 48.9 Å². The smallest absolute Gasteiger partial charge is 0.181 e. The van der Waals surface area contributed by atoms with Crippen LogP contribution in [0.15, 0.2) is 48.9 Å². The molecule has 154 valence electrons. The van der Waals surface area contributed by atoms with Gasteiger partial charge >= 0.3 is 0 Å². The third-order valence-electron chi connectivity index (χ3n) is 5.82. The van der Waals surface area contributed by atoms with Gasteiger partial charge in [0.2, 0.25) is 0 Å². The van der Waals surface area contributed by atoms with Gasteiger partial charge in [-0.2, -0.15) is 5.10 Å². The molecule has 0 radical (unpaired) electrons. The lowest BCUT2D eigenvalue weighted by Crippen LogP contribution is -2.44. The average molecular weight is 411 g/mol. The Hall–Kier alpha value is -3.85. The lowest BCUT2D eigenvalue weighted by Gasteiger charge is -2.34. The summed E-state index contributed by atoms with van der Waals surface area (Å²) in [7, 11) is 2.16. The lowest BCUT2D eigenvalue weighted by atomic mass is 10.1. The fourth-order valence-corrected chi connectivity index (χ4v) is 4.08. The van der Waals surface area contributed by atoms with Gasteiger partial charge in [-0.1, -0.05) is 6.07 Å². The second-order valence-electron chi connectivity index (χ2n) is 7.81. The van der Waals surface area contributed by atoms with Crippen LogP contribution in [0.2, 0.25) is 0 Å². The molecule has 2 N–H and O–H groups in total. The zero-order valence-corrected chi connectivity index (χ0v) is 17.1. The normalized spacial score (nSPS) is 15.2. The van der Waals surface area contributed by atoms with Crippen molar-refractivity contribution in [1.82, 2.24) is 40.0 Å². The summed E-state index contributed by atoms with van der Waals surface area (Å²) in [5.41, 5.74) is 6.01. The Morgan fingerprint density at radius 3 is 2.68 bits per heavy atom. The number of fused-ring (bicyclic) bond motifs is 2. The third-order valence-corrected chi connectivity index (χ3v) is 5.82. The predicted octanol–water partition coefficient (Wildman–Crippen LogP) is 2.71. The molecule has 0 unspecified atom stereocenters. The summed E-state index contributed by atoms with van der Waals surface area (Å²) >= 11 is 0. The monoisotopic (exact) mass is 411 g/mol. The molecule has 9 nitrogen and oxygen atoms in total. The fraction of sp³-hybridized carbons (Fsp3) is 0.227. The number of aromatic amines is 2. The maximum atomic E-state index is 4.76. The number of rotatable bonds is 3. The van der Waals surface area contributed by atoms with Crippen molar-refractivity contribution in [3.63, 3.8) is 0 Å². The van der Waals surface area contributed by atoms with E-state index < -0.39 is 0 Å². The largest absolute Gasteiger partial charge is 0.367 e. The number of likely N-dealkylation sites (N-methyl/N-ethyl adjacent to an activating group) is 1. The second-order valence-corrected chi connectivity index (χ2v) is 7.81. The van der Waals surface area contributed by atoms with Crippen LogP contribution >= 0.6 is 0 Å². The van der Waals surface area contributed by atoms with E-state index in [0.29, 0.717) is 17.1 Å². The summed E-state index contributed by atoms with van der Waals surface area (Å²) < 4.78 is 0. The molecule has 0 amide bonds. The molecule has 5 aromatic heterocycles. The second kappa shape index (κ2) is 7.13. The predicted molar refractivity (Wildman–Crippen MR) is 120 cm³/mol. The summed E-state index contributed by atoms with van der Waals surface area (Å²) in [5.74, 6) is 0.701. The van der Waals surface area contributed by atoms with Crippen LogP contribution in [0, 0.1) is 0 Å². The van der Waals surface area contributed by atoms with Gasteiger partial charge in [-0.15, -0.1) is 0 Å². The van der Waals surface area contributed by atoms with Crippen molar-refractivity contribution in [2.45, 2.75) is 0 Å². The zero-order valence-electron chi connectivity index (χ0n) is 17.1. The van der Waals surface area contributed by atoms with Crippen molar-refractivity contribution in [3.8, 4) is 22.8 Å². The Balaban J connectivity index is 1.44. The van der Waals surface area contributed by atoms with E-state index in [1.807, 2.05) is 30.5 Å². The number of hydrogen-bond donors (Lipinski definition) is 2. The molecule has 1 aliphatic rings. The molecule has 1 aliphatic heterocycles. The van der Waals surface area contributed by atoms with E-state index in [1.54, 1.807) is 12.4 Å². The number of nitrogens with zero attached hydrogens (tertiary/aromatic N) is 7. The van der Waals surface area contributed by atoms with Gasteiger partial charge in [-0.05, 0) is 31.3 Å². The highest BCUT2D eigenvalue weighted by molar-refractivity contribution is 5.94. The third kappa shape index (κ3) is 3.10. The van der Waals surface area contributed by atoms with Crippen LogP contribution in [0.3, 0.4) is 0 Å². The molecule has 1 fully saturated rings. The van der Waals surface area contributed by atoms with E-state index in [9.17, 15) is 0 Å². The van der Waals surface area contributed by atoms with Crippen LogP contribution in [0.5, 0.6) is 0 Å². The minimum Gasteiger partial charge on any atom is -0.367 e. The molecule has 5 aromatic rings. The van der Waals surface area contributed by atoms with Gasteiger partial charge in [-0.3, -0.25) is 10.1 Å². The Labute approximate surface area is 178 Å². The first-order valence-electron chi connectivity index (χ1n) is 10.3. The summed E-state index contributed by atoms with van der Waals surface area (Å²) in [6.45, 7) is 4.04. The Kier molecular flexibility index (Phi) is 4.13. The van der Waals surface area contributed by atoms with E-state index in [-0.39, 0.29) is 0 Å². The Bertz CT molecular complexity index is 1360. The number of nitrogens with one attached hydrogen (secondary N) is 2. The van der Waals surface area contributed by atoms with E-state index in [4.69, 9.17) is 4.98 Å². The summed E-state index contributed by atoms with van der Waals surface area (Å²) in [6.07, 6.45) is 5.40. The van der Waals surface area contributed by atoms with E-state index >= 15 is 0 Å². The van der Waals surface area contributed by atoms with Crippen LogP contribution in [0.4, 0.5) is 5.69 Å². The Morgan fingerprint density at radius 2 is 1.84 bits per heavy atom. The molecule has 0 spiro atoms. The number of H-pyrrole nitrogens is 2. The first-order chi connectivity index (χ1) is 15.3. The standard InChI is InChI=1S/C22H21N9/c1-30-8-10-31(11-9-30)17-5-7-24-21-19(17)26-22(27-21)18-15-12-14(13-25-20(15)29-28-18)16-4-2-3-6-23-16/h2-7,12-13H,8-11H2,1H3,(H,24,26,27)(H,25,28,29). The molecular formula is C22H21N9. The number of pyridine rings is 3. The zero-order chi connectivity index (χ0) is 20.8. The molecule has 0 saturated carbocycles. The molecule has 0 bridgehead atoms. The number of hydrogen-bond acceptors (Lipinski definition) is 7. The first kappa shape index (κ1) is 18.0. The van der Waals surface area contributed by atoms with Crippen LogP contribution in [-0.2, 0) is 0 Å². The topological polar surface area (TPSA) is 103 Å². The number of imidazole rings is 1. The quantitative estimate of drug-likeness (QED) is 0.471. The summed E-state index contributed by atoms with van der Waals surface area (Å²) in [5, 5.41) is 8.36. The van der Waals surface area contributed by atoms with Crippen LogP contribution in [-0.4, -0.2) is 73.2 Å². The van der Waals surface area contributed by atoms with E-state index in [0.717, 1.165) is 59.7 Å². The van der Waals surface area contributed by atoms with Gasteiger partial charge in [-0.25, -0.2) is 15.0 Å². The molecule has 0 atom stereocenters. The average Bonchev–Trinajstić information content (AvgIpc) is 3.43. The van der Waals surface area contributed by atoms with Gasteiger partial charge in [0.25, 0.3) is 0 Å². The highest BCUT2D eigenvalue weighted by Gasteiger charge is 2.20. The maximum Gasteiger partial charge on any atom is 0.181 e. The van der Waals surface area contributed by atoms with Crippen LogP contribution < -0.4 is 4.90 Å². The minimum absolute atomic E-state index is 0.641. The van der Waals surface area contributed by atoms with Gasteiger partial charge in [0.1, 0.15) is 11.2 Å². The van der Waals surface area contributed by atoms with Crippen LogP contribution in [0.1, 0.15) is 0 Å². The molecule has 6 rings (SSSR count). The van der Waals surface area contributed by atoms with Crippen molar-refractivity contribution in [1.29, 1.82) is 0 Å². The molecule has 9 heteroatoms. The summed E-state index contributed by atoms with van der Waals surface area (Å²) in [4.78, 5) is 26.4. The minimum atomic E-state index is 0.641. The first-order valence-corrected chi connectivity index (χ1v) is 10.3. The van der Waals surface area contributed by atoms with Crippen molar-refractivity contribution in [2.24, 2.45) is 0 Å². The SMILES string of the molecule is CN1CCN(c2ccnc3nc(-c4[nH]nc5ncc(-c6ccccn6)cc45)[nH]c23)CC1. The van der Waals surface area contributed by atoms with Crippen molar-refractivity contribution in [2.75, 3.05) is 38.1 Å². The molecule has 1 saturated heterocycles. The van der Waals surface area contributed by atoms with Crippen LogP contribution in [0.25, 0.3) is 45.0 Å². The molecule has 6 heterocycles. The Morgan fingerprint density at radius 1 is 0.935 bits per heavy atom. The molecule has 0 aliphatic carbocycles. The number of aromatic nitrogens is 7.